The molecule has 0 saturated carbocycles. The summed E-state index contributed by atoms with van der Waals surface area (Å²) in [5.41, 5.74) is 0.651. The van der Waals surface area contributed by atoms with Crippen molar-refractivity contribution < 1.29 is 24.2 Å². The van der Waals surface area contributed by atoms with Crippen molar-refractivity contribution in [2.45, 2.75) is 19.9 Å². The number of carboxylic acids is 1. The molecular formula is C12H17N3O5. The summed E-state index contributed by atoms with van der Waals surface area (Å²) in [6.45, 7) is 3.54. The van der Waals surface area contributed by atoms with Crippen LogP contribution >= 0.6 is 0 Å². The van der Waals surface area contributed by atoms with Gasteiger partial charge in [0.1, 0.15) is 0 Å². The number of nitrogens with zero attached hydrogens (tertiary/aromatic N) is 2. The van der Waals surface area contributed by atoms with E-state index in [1.165, 1.54) is 13.3 Å². The first-order valence-corrected chi connectivity index (χ1v) is 5.98. The van der Waals surface area contributed by atoms with Crippen LogP contribution in [0.25, 0.3) is 0 Å². The van der Waals surface area contributed by atoms with Gasteiger partial charge < -0.3 is 19.9 Å². The van der Waals surface area contributed by atoms with Gasteiger partial charge in [0.15, 0.2) is 6.04 Å². The van der Waals surface area contributed by atoms with Crippen LogP contribution in [0.5, 0.6) is 0 Å². The predicted molar refractivity (Wildman–Crippen MR) is 69.6 cm³/mol. The lowest BCUT2D eigenvalue weighted by Gasteiger charge is -2.14. The Kier molecular flexibility index (Phi) is 5.85. The first-order chi connectivity index (χ1) is 9.49. The zero-order chi connectivity index (χ0) is 15.1. The minimum atomic E-state index is -1.08. The average Bonchev–Trinajstić information content (AvgIpc) is 2.38. The van der Waals surface area contributed by atoms with Gasteiger partial charge in [-0.25, -0.2) is 19.6 Å². The Morgan fingerprint density at radius 2 is 2.20 bits per heavy atom. The zero-order valence-electron chi connectivity index (χ0n) is 11.5. The van der Waals surface area contributed by atoms with Gasteiger partial charge in [-0.1, -0.05) is 0 Å². The number of aromatic nitrogens is 2. The zero-order valence-corrected chi connectivity index (χ0v) is 11.5. The topological polar surface area (TPSA) is 111 Å². The highest BCUT2D eigenvalue weighted by Crippen LogP contribution is 2.09. The summed E-state index contributed by atoms with van der Waals surface area (Å²) in [6.07, 6.45) is 1.30. The molecule has 1 aromatic rings. The van der Waals surface area contributed by atoms with E-state index in [-0.39, 0.29) is 24.7 Å². The molecular weight excluding hydrogens is 266 g/mol. The van der Waals surface area contributed by atoms with Crippen molar-refractivity contribution >= 4 is 17.9 Å². The summed E-state index contributed by atoms with van der Waals surface area (Å²) >= 11 is 0. The number of carbonyl (C=O) groups is 2. The number of hydrogen-bond donors (Lipinski definition) is 2. The first kappa shape index (κ1) is 15.8. The first-order valence-electron chi connectivity index (χ1n) is 5.98. The molecule has 0 amide bonds. The molecule has 0 aromatic carbocycles. The highest BCUT2D eigenvalue weighted by Gasteiger charge is 2.19. The van der Waals surface area contributed by atoms with Gasteiger partial charge in [0.25, 0.3) is 0 Å². The van der Waals surface area contributed by atoms with Gasteiger partial charge >= 0.3 is 11.9 Å². The molecule has 2 N–H and O–H groups in total. The van der Waals surface area contributed by atoms with Gasteiger partial charge in [-0.05, 0) is 13.8 Å². The Balaban J connectivity index is 2.86. The third kappa shape index (κ3) is 4.16. The van der Waals surface area contributed by atoms with E-state index >= 15 is 0 Å². The number of hydrogen-bond acceptors (Lipinski definition) is 7. The van der Waals surface area contributed by atoms with E-state index in [4.69, 9.17) is 14.6 Å². The molecule has 0 bridgehead atoms. The Hall–Kier alpha value is -2.22. The van der Waals surface area contributed by atoms with Gasteiger partial charge in [-0.3, -0.25) is 0 Å². The number of aryl methyl sites for hydroxylation is 1. The van der Waals surface area contributed by atoms with Crippen molar-refractivity contribution in [3.63, 3.8) is 0 Å². The van der Waals surface area contributed by atoms with Crippen LogP contribution in [-0.4, -0.2) is 53.4 Å². The van der Waals surface area contributed by atoms with E-state index in [0.29, 0.717) is 5.69 Å². The number of nitrogens with one attached hydrogen (secondary N) is 1. The number of rotatable bonds is 7. The van der Waals surface area contributed by atoms with Crippen molar-refractivity contribution in [1.82, 2.24) is 9.97 Å². The molecule has 1 rings (SSSR count). The Morgan fingerprint density at radius 1 is 1.50 bits per heavy atom. The monoisotopic (exact) mass is 283 g/mol. The lowest BCUT2D eigenvalue weighted by atomic mass is 10.2. The molecule has 1 atom stereocenters. The van der Waals surface area contributed by atoms with Crippen LogP contribution in [0.3, 0.4) is 0 Å². The van der Waals surface area contributed by atoms with Crippen LogP contribution in [0.4, 0.5) is 5.95 Å². The number of ether oxygens (including phenoxy) is 2. The van der Waals surface area contributed by atoms with E-state index in [0.717, 1.165) is 0 Å². The maximum atomic E-state index is 11.6. The van der Waals surface area contributed by atoms with Gasteiger partial charge in [0, 0.05) is 13.3 Å². The minimum Gasteiger partial charge on any atom is -0.480 e. The molecule has 8 heteroatoms. The van der Waals surface area contributed by atoms with E-state index in [1.54, 1.807) is 13.8 Å². The maximum absolute atomic E-state index is 11.6. The molecule has 0 aliphatic carbocycles. The molecule has 1 heterocycles. The number of carboxylic acid groups (broad SMARTS) is 1. The summed E-state index contributed by atoms with van der Waals surface area (Å²) < 4.78 is 9.64. The molecule has 0 aliphatic rings. The molecule has 0 saturated heterocycles. The van der Waals surface area contributed by atoms with Gasteiger partial charge in [-0.2, -0.15) is 0 Å². The smallest absolute Gasteiger partial charge is 0.341 e. The van der Waals surface area contributed by atoms with Crippen molar-refractivity contribution in [1.29, 1.82) is 0 Å². The summed E-state index contributed by atoms with van der Waals surface area (Å²) in [7, 11) is 1.40. The number of esters is 1. The normalized spacial score (nSPS) is 11.8. The van der Waals surface area contributed by atoms with Crippen LogP contribution in [0.1, 0.15) is 23.0 Å². The largest absolute Gasteiger partial charge is 0.480 e. The highest BCUT2D eigenvalue weighted by molar-refractivity contribution is 5.90. The number of anilines is 1. The molecule has 0 aliphatic heterocycles. The van der Waals surface area contributed by atoms with Crippen molar-refractivity contribution in [3.05, 3.63) is 17.5 Å². The quantitative estimate of drug-likeness (QED) is 0.695. The second kappa shape index (κ2) is 7.39. The van der Waals surface area contributed by atoms with E-state index < -0.39 is 18.0 Å². The third-order valence-corrected chi connectivity index (χ3v) is 2.41. The molecule has 8 nitrogen and oxygen atoms in total. The van der Waals surface area contributed by atoms with Crippen LogP contribution in [-0.2, 0) is 14.3 Å². The Labute approximate surface area is 116 Å². The lowest BCUT2D eigenvalue weighted by molar-refractivity contribution is -0.139. The summed E-state index contributed by atoms with van der Waals surface area (Å²) in [4.78, 5) is 30.5. The number of aliphatic carboxylic acids is 1. The SMILES string of the molecule is CCOC(=O)c1cnc(NC(COC)C(=O)O)nc1C. The molecule has 0 radical (unpaired) electrons. The predicted octanol–water partition coefficient (Wildman–Crippen LogP) is 0.473. The van der Waals surface area contributed by atoms with Crippen LogP contribution in [0, 0.1) is 6.92 Å². The number of carbonyl (C=O) groups excluding carboxylic acids is 1. The molecule has 1 aromatic heterocycles. The molecule has 110 valence electrons. The van der Waals surface area contributed by atoms with Gasteiger partial charge in [-0.15, -0.1) is 0 Å². The fourth-order valence-corrected chi connectivity index (χ4v) is 1.44. The Bertz CT molecular complexity index is 492. The molecule has 0 spiro atoms. The van der Waals surface area contributed by atoms with E-state index in [1.807, 2.05) is 0 Å². The number of methoxy groups -OCH3 is 1. The van der Waals surface area contributed by atoms with Gasteiger partial charge in [0.2, 0.25) is 5.95 Å². The van der Waals surface area contributed by atoms with Crippen molar-refractivity contribution in [2.75, 3.05) is 25.6 Å². The van der Waals surface area contributed by atoms with E-state index in [2.05, 4.69) is 15.3 Å². The summed E-state index contributed by atoms with van der Waals surface area (Å²) in [5, 5.41) is 11.6. The Morgan fingerprint density at radius 3 is 2.70 bits per heavy atom. The lowest BCUT2D eigenvalue weighted by Crippen LogP contribution is -2.34. The van der Waals surface area contributed by atoms with E-state index in [9.17, 15) is 9.59 Å². The maximum Gasteiger partial charge on any atom is 0.341 e. The van der Waals surface area contributed by atoms with Gasteiger partial charge in [0.05, 0.1) is 24.5 Å². The third-order valence-electron chi connectivity index (χ3n) is 2.41. The molecule has 0 fully saturated rings. The standard InChI is InChI=1S/C12H17N3O5/c1-4-20-11(18)8-5-13-12(14-7(8)2)15-9(6-19-3)10(16)17/h5,9H,4,6H2,1-3H3,(H,16,17)(H,13,14,15). The second-order valence-electron chi connectivity index (χ2n) is 3.90. The minimum absolute atomic E-state index is 0.0304. The van der Waals surface area contributed by atoms with Crippen molar-refractivity contribution in [3.8, 4) is 0 Å². The molecule has 20 heavy (non-hydrogen) atoms. The van der Waals surface area contributed by atoms with Crippen LogP contribution in [0.15, 0.2) is 6.20 Å². The average molecular weight is 283 g/mol. The van der Waals surface area contributed by atoms with Crippen LogP contribution < -0.4 is 5.32 Å². The fourth-order valence-electron chi connectivity index (χ4n) is 1.44. The fraction of sp³-hybridized carbons (Fsp3) is 0.500. The highest BCUT2D eigenvalue weighted by atomic mass is 16.5. The van der Waals surface area contributed by atoms with Crippen LogP contribution in [0.2, 0.25) is 0 Å². The summed E-state index contributed by atoms with van der Waals surface area (Å²) in [5.74, 6) is -1.48. The second-order valence-corrected chi connectivity index (χ2v) is 3.90. The summed E-state index contributed by atoms with van der Waals surface area (Å²) in [6, 6.07) is -0.965. The molecule has 1 unspecified atom stereocenters. The van der Waals surface area contributed by atoms with Crippen molar-refractivity contribution in [2.24, 2.45) is 0 Å².